The number of hydrogen-bond donors (Lipinski definition) is 2. The first-order valence-electron chi connectivity index (χ1n) is 8.09. The highest BCUT2D eigenvalue weighted by molar-refractivity contribution is 5.90. The molecule has 4 heteroatoms. The Morgan fingerprint density at radius 2 is 2.23 bits per heavy atom. The molecule has 1 aromatic carbocycles. The Labute approximate surface area is 130 Å². The van der Waals surface area contributed by atoms with Gasteiger partial charge in [-0.2, -0.15) is 0 Å². The summed E-state index contributed by atoms with van der Waals surface area (Å²) in [5.74, 6) is 0.449. The van der Waals surface area contributed by atoms with Gasteiger partial charge in [-0.3, -0.25) is 4.79 Å². The van der Waals surface area contributed by atoms with Crippen LogP contribution in [0.25, 0.3) is 10.9 Å². The van der Waals surface area contributed by atoms with E-state index in [0.717, 1.165) is 35.0 Å². The van der Waals surface area contributed by atoms with Crippen LogP contribution in [-0.4, -0.2) is 16.9 Å². The lowest BCUT2D eigenvalue weighted by molar-refractivity contribution is -0.121. The van der Waals surface area contributed by atoms with E-state index in [0.29, 0.717) is 18.4 Å². The molecule has 3 rings (SSSR count). The fourth-order valence-corrected chi connectivity index (χ4v) is 3.59. The van der Waals surface area contributed by atoms with Crippen molar-refractivity contribution in [3.63, 3.8) is 0 Å². The van der Waals surface area contributed by atoms with Crippen molar-refractivity contribution in [2.75, 3.05) is 0 Å². The molecule has 1 aliphatic carbocycles. The summed E-state index contributed by atoms with van der Waals surface area (Å²) in [6.45, 7) is 4.17. The first-order valence-corrected chi connectivity index (χ1v) is 8.09. The summed E-state index contributed by atoms with van der Waals surface area (Å²) in [5.41, 5.74) is 2.72. The third kappa shape index (κ3) is 3.16. The number of amides is 1. The second-order valence-corrected chi connectivity index (χ2v) is 6.63. The molecule has 0 radical (unpaired) electrons. The summed E-state index contributed by atoms with van der Waals surface area (Å²) in [4.78, 5) is 15.6. The average molecular weight is 302 g/mol. The Morgan fingerprint density at radius 1 is 1.41 bits per heavy atom. The van der Waals surface area contributed by atoms with Crippen molar-refractivity contribution in [3.8, 4) is 0 Å². The number of carbonyl (C=O) groups excluding carboxylic acids is 1. The van der Waals surface area contributed by atoms with Gasteiger partial charge in [0.2, 0.25) is 5.91 Å². The number of aryl methyl sites for hydroxylation is 1. The summed E-state index contributed by atoms with van der Waals surface area (Å²) in [7, 11) is 0. The largest absolute Gasteiger partial charge is 0.358 e. The van der Waals surface area contributed by atoms with Crippen LogP contribution < -0.4 is 5.32 Å². The molecular formula is C18H23FN2O. The molecule has 2 atom stereocenters. The third-order valence-corrected chi connectivity index (χ3v) is 4.72. The van der Waals surface area contributed by atoms with Crippen molar-refractivity contribution in [1.82, 2.24) is 10.3 Å². The molecule has 3 nitrogen and oxygen atoms in total. The molecule has 118 valence electrons. The van der Waals surface area contributed by atoms with Gasteiger partial charge in [0.1, 0.15) is 5.82 Å². The van der Waals surface area contributed by atoms with Crippen molar-refractivity contribution in [2.45, 2.75) is 52.0 Å². The van der Waals surface area contributed by atoms with E-state index in [4.69, 9.17) is 0 Å². The summed E-state index contributed by atoms with van der Waals surface area (Å²) in [5, 5.41) is 3.96. The molecule has 1 aromatic heterocycles. The summed E-state index contributed by atoms with van der Waals surface area (Å²) >= 11 is 0. The molecule has 0 bridgehead atoms. The molecule has 1 saturated carbocycles. The Kier molecular flexibility index (Phi) is 4.19. The molecule has 0 aliphatic heterocycles. The molecule has 2 aromatic rings. The van der Waals surface area contributed by atoms with Crippen LogP contribution in [0.5, 0.6) is 0 Å². The number of H-pyrrole nitrogens is 1. The Balaban J connectivity index is 1.73. The van der Waals surface area contributed by atoms with E-state index < -0.39 is 0 Å². The Morgan fingerprint density at radius 3 is 3.00 bits per heavy atom. The van der Waals surface area contributed by atoms with Crippen LogP contribution in [0.2, 0.25) is 0 Å². The predicted octanol–water partition coefficient (Wildman–Crippen LogP) is 3.85. The molecule has 2 N–H and O–H groups in total. The average Bonchev–Trinajstić information content (AvgIpc) is 2.75. The quantitative estimate of drug-likeness (QED) is 0.888. The molecule has 1 amide bonds. The minimum Gasteiger partial charge on any atom is -0.358 e. The second-order valence-electron chi connectivity index (χ2n) is 6.63. The lowest BCUT2D eigenvalue weighted by Crippen LogP contribution is -2.38. The molecular weight excluding hydrogens is 279 g/mol. The van der Waals surface area contributed by atoms with Crippen LogP contribution in [0.1, 0.15) is 43.9 Å². The van der Waals surface area contributed by atoms with E-state index in [1.165, 1.54) is 25.0 Å². The molecule has 0 spiro atoms. The smallest absolute Gasteiger partial charge is 0.224 e. The van der Waals surface area contributed by atoms with Crippen molar-refractivity contribution >= 4 is 16.8 Å². The van der Waals surface area contributed by atoms with Gasteiger partial charge in [0.25, 0.3) is 0 Å². The molecule has 2 unspecified atom stereocenters. The predicted molar refractivity (Wildman–Crippen MR) is 86.3 cm³/mol. The van der Waals surface area contributed by atoms with Crippen LogP contribution in [0.15, 0.2) is 18.2 Å². The maximum absolute atomic E-state index is 13.5. The number of carbonyl (C=O) groups is 1. The van der Waals surface area contributed by atoms with Crippen LogP contribution >= 0.6 is 0 Å². The highest BCUT2D eigenvalue weighted by atomic mass is 19.1. The van der Waals surface area contributed by atoms with Gasteiger partial charge in [-0.25, -0.2) is 4.39 Å². The number of fused-ring (bicyclic) bond motifs is 1. The molecule has 1 aliphatic rings. The van der Waals surface area contributed by atoms with Gasteiger partial charge in [-0.1, -0.05) is 19.8 Å². The number of aromatic nitrogens is 1. The standard InChI is InChI=1S/C18H23FN2O/c1-11-4-3-5-14(8-11)21-18(22)10-15-12(2)20-17-7-6-13(19)9-16(15)17/h6-7,9,11,14,20H,3-5,8,10H2,1-2H3,(H,21,22). The van der Waals surface area contributed by atoms with Gasteiger partial charge < -0.3 is 10.3 Å². The van der Waals surface area contributed by atoms with Gasteiger partial charge in [-0.05, 0) is 49.4 Å². The zero-order chi connectivity index (χ0) is 15.7. The summed E-state index contributed by atoms with van der Waals surface area (Å²) < 4.78 is 13.5. The normalized spacial score (nSPS) is 22.0. The Hall–Kier alpha value is -1.84. The van der Waals surface area contributed by atoms with E-state index in [9.17, 15) is 9.18 Å². The third-order valence-electron chi connectivity index (χ3n) is 4.72. The number of aromatic amines is 1. The lowest BCUT2D eigenvalue weighted by Gasteiger charge is -2.27. The SMILES string of the molecule is Cc1[nH]c2ccc(F)cc2c1CC(=O)NC1CCCC(C)C1. The van der Waals surface area contributed by atoms with Gasteiger partial charge in [0, 0.05) is 22.6 Å². The van der Waals surface area contributed by atoms with Crippen LogP contribution in [-0.2, 0) is 11.2 Å². The van der Waals surface area contributed by atoms with Gasteiger partial charge in [0.15, 0.2) is 0 Å². The molecule has 0 saturated heterocycles. The van der Waals surface area contributed by atoms with Crippen LogP contribution in [0, 0.1) is 18.7 Å². The molecule has 1 heterocycles. The van der Waals surface area contributed by atoms with E-state index in [1.54, 1.807) is 6.07 Å². The van der Waals surface area contributed by atoms with E-state index in [-0.39, 0.29) is 11.7 Å². The fourth-order valence-electron chi connectivity index (χ4n) is 3.59. The molecule has 22 heavy (non-hydrogen) atoms. The van der Waals surface area contributed by atoms with E-state index >= 15 is 0 Å². The number of hydrogen-bond acceptors (Lipinski definition) is 1. The number of halogens is 1. The highest BCUT2D eigenvalue weighted by Crippen LogP contribution is 2.25. The number of rotatable bonds is 3. The highest BCUT2D eigenvalue weighted by Gasteiger charge is 2.21. The van der Waals surface area contributed by atoms with E-state index in [1.807, 2.05) is 6.92 Å². The number of benzene rings is 1. The zero-order valence-corrected chi connectivity index (χ0v) is 13.2. The zero-order valence-electron chi connectivity index (χ0n) is 13.2. The second kappa shape index (κ2) is 6.11. The fraction of sp³-hybridized carbons (Fsp3) is 0.500. The van der Waals surface area contributed by atoms with Crippen molar-refractivity contribution in [2.24, 2.45) is 5.92 Å². The van der Waals surface area contributed by atoms with E-state index in [2.05, 4.69) is 17.2 Å². The summed E-state index contributed by atoms with van der Waals surface area (Å²) in [6, 6.07) is 4.95. The maximum Gasteiger partial charge on any atom is 0.224 e. The van der Waals surface area contributed by atoms with Crippen LogP contribution in [0.3, 0.4) is 0 Å². The maximum atomic E-state index is 13.5. The van der Waals surface area contributed by atoms with Gasteiger partial charge in [-0.15, -0.1) is 0 Å². The number of nitrogens with one attached hydrogen (secondary N) is 2. The lowest BCUT2D eigenvalue weighted by atomic mass is 9.87. The van der Waals surface area contributed by atoms with Gasteiger partial charge in [0.05, 0.1) is 6.42 Å². The van der Waals surface area contributed by atoms with Crippen molar-refractivity contribution in [3.05, 3.63) is 35.3 Å². The van der Waals surface area contributed by atoms with Gasteiger partial charge >= 0.3 is 0 Å². The Bertz CT molecular complexity index is 692. The van der Waals surface area contributed by atoms with Crippen molar-refractivity contribution in [1.29, 1.82) is 0 Å². The van der Waals surface area contributed by atoms with Crippen molar-refractivity contribution < 1.29 is 9.18 Å². The minimum atomic E-state index is -0.269. The monoisotopic (exact) mass is 302 g/mol. The first kappa shape index (κ1) is 15.1. The summed E-state index contributed by atoms with van der Waals surface area (Å²) in [6.07, 6.45) is 4.88. The first-order chi connectivity index (χ1) is 10.5. The minimum absolute atomic E-state index is 0.0346. The topological polar surface area (TPSA) is 44.9 Å². The van der Waals surface area contributed by atoms with Crippen LogP contribution in [0.4, 0.5) is 4.39 Å². The molecule has 1 fully saturated rings.